The highest BCUT2D eigenvalue weighted by Gasteiger charge is 2.23. The minimum Gasteiger partial charge on any atom is -0.273 e. The first-order valence-electron chi connectivity index (χ1n) is 6.00. The summed E-state index contributed by atoms with van der Waals surface area (Å²) in [6, 6.07) is 3.40. The highest BCUT2D eigenvalue weighted by Crippen LogP contribution is 2.35. The van der Waals surface area contributed by atoms with Crippen molar-refractivity contribution in [1.82, 2.24) is 9.97 Å². The number of halogens is 3. The molecule has 0 N–H and O–H groups in total. The van der Waals surface area contributed by atoms with Crippen molar-refractivity contribution in [3.8, 4) is 11.1 Å². The zero-order chi connectivity index (χ0) is 14.3. The Labute approximate surface area is 128 Å². The highest BCUT2D eigenvalue weighted by molar-refractivity contribution is 14.1. The molecule has 1 aromatic heterocycles. The largest absolute Gasteiger partial charge is 0.273 e. The van der Waals surface area contributed by atoms with Gasteiger partial charge in [-0.25, -0.2) is 18.7 Å². The summed E-state index contributed by atoms with van der Waals surface area (Å²) < 4.78 is 27.2. The number of rotatable bonds is 2. The Bertz CT molecular complexity index is 696. The maximum Gasteiger partial charge on any atom is 0.264 e. The second-order valence-electron chi connectivity index (χ2n) is 4.52. The lowest BCUT2D eigenvalue weighted by Crippen LogP contribution is -1.99. The van der Waals surface area contributed by atoms with Crippen LogP contribution in [0.3, 0.4) is 0 Å². The van der Waals surface area contributed by atoms with Gasteiger partial charge >= 0.3 is 0 Å². The van der Waals surface area contributed by atoms with Crippen LogP contribution in [0.25, 0.3) is 11.1 Å². The van der Waals surface area contributed by atoms with Crippen molar-refractivity contribution >= 4 is 26.3 Å². The van der Waals surface area contributed by atoms with Crippen molar-refractivity contribution in [3.63, 3.8) is 0 Å². The Balaban J connectivity index is 2.17. The standard InChI is InChI=1S/C14H10F2IN3/c1-7-18-4-9(5-19-7)8-2-10(13(15)16)12-6-20-14(17)11(12)3-8/h2-5,13H,6H2,1H3. The molecule has 0 fully saturated rings. The molecule has 6 heteroatoms. The summed E-state index contributed by atoms with van der Waals surface area (Å²) in [4.78, 5) is 12.5. The van der Waals surface area contributed by atoms with E-state index in [1.54, 1.807) is 19.3 Å². The van der Waals surface area contributed by atoms with Gasteiger partial charge in [-0.2, -0.15) is 0 Å². The van der Waals surface area contributed by atoms with Gasteiger partial charge in [0.05, 0.1) is 6.54 Å². The summed E-state index contributed by atoms with van der Waals surface area (Å²) in [5.74, 6) is 0.653. The zero-order valence-corrected chi connectivity index (χ0v) is 12.7. The molecule has 0 spiro atoms. The third-order valence-corrected chi connectivity index (χ3v) is 4.15. The third-order valence-electron chi connectivity index (χ3n) is 3.23. The van der Waals surface area contributed by atoms with E-state index in [4.69, 9.17) is 0 Å². The summed E-state index contributed by atoms with van der Waals surface area (Å²) in [7, 11) is 0. The number of benzene rings is 1. The molecule has 0 saturated heterocycles. The lowest BCUT2D eigenvalue weighted by molar-refractivity contribution is 0.150. The van der Waals surface area contributed by atoms with Gasteiger partial charge in [-0.05, 0) is 52.8 Å². The maximum atomic E-state index is 13.2. The van der Waals surface area contributed by atoms with E-state index in [0.717, 1.165) is 14.8 Å². The lowest BCUT2D eigenvalue weighted by atomic mass is 9.97. The molecule has 3 nitrogen and oxygen atoms in total. The summed E-state index contributed by atoms with van der Waals surface area (Å²) in [6.45, 7) is 2.12. The molecule has 2 heterocycles. The van der Waals surface area contributed by atoms with Gasteiger partial charge in [0.25, 0.3) is 6.43 Å². The number of aliphatic imine (C=N–C) groups is 1. The number of fused-ring (bicyclic) bond motifs is 1. The van der Waals surface area contributed by atoms with Crippen LogP contribution in [-0.2, 0) is 6.54 Å². The van der Waals surface area contributed by atoms with Gasteiger partial charge < -0.3 is 0 Å². The van der Waals surface area contributed by atoms with Crippen LogP contribution in [0.1, 0.15) is 28.9 Å². The Morgan fingerprint density at radius 3 is 2.50 bits per heavy atom. The van der Waals surface area contributed by atoms with Crippen LogP contribution < -0.4 is 0 Å². The number of hydrogen-bond acceptors (Lipinski definition) is 3. The molecule has 0 atom stereocenters. The smallest absolute Gasteiger partial charge is 0.264 e. The van der Waals surface area contributed by atoms with Gasteiger partial charge in [-0.15, -0.1) is 0 Å². The Hall–Kier alpha value is -1.44. The van der Waals surface area contributed by atoms with Gasteiger partial charge in [0.1, 0.15) is 9.54 Å². The number of aryl methyl sites for hydroxylation is 1. The molecule has 0 saturated carbocycles. The molecule has 102 valence electrons. The minimum absolute atomic E-state index is 0.0495. The van der Waals surface area contributed by atoms with Gasteiger partial charge in [-0.1, -0.05) is 0 Å². The van der Waals surface area contributed by atoms with Crippen LogP contribution in [0.4, 0.5) is 8.78 Å². The Kier molecular flexibility index (Phi) is 3.49. The van der Waals surface area contributed by atoms with Crippen LogP contribution >= 0.6 is 22.6 Å². The fourth-order valence-electron chi connectivity index (χ4n) is 2.19. The van der Waals surface area contributed by atoms with E-state index in [9.17, 15) is 8.78 Å². The van der Waals surface area contributed by atoms with E-state index < -0.39 is 6.43 Å². The first-order chi connectivity index (χ1) is 9.56. The van der Waals surface area contributed by atoms with Gasteiger partial charge in [0, 0.05) is 29.1 Å². The average molecular weight is 385 g/mol. The van der Waals surface area contributed by atoms with Crippen LogP contribution in [0.15, 0.2) is 29.5 Å². The topological polar surface area (TPSA) is 38.1 Å². The van der Waals surface area contributed by atoms with Crippen molar-refractivity contribution in [3.05, 3.63) is 47.0 Å². The van der Waals surface area contributed by atoms with Crippen molar-refractivity contribution in [2.45, 2.75) is 19.9 Å². The van der Waals surface area contributed by atoms with Crippen LogP contribution in [0, 0.1) is 6.92 Å². The van der Waals surface area contributed by atoms with Crippen LogP contribution in [-0.4, -0.2) is 13.7 Å². The molecule has 0 aliphatic carbocycles. The number of aromatic nitrogens is 2. The second-order valence-corrected chi connectivity index (χ2v) is 5.54. The highest BCUT2D eigenvalue weighted by atomic mass is 127. The molecular weight excluding hydrogens is 375 g/mol. The van der Waals surface area contributed by atoms with E-state index in [0.29, 0.717) is 23.5 Å². The van der Waals surface area contributed by atoms with Crippen molar-refractivity contribution < 1.29 is 8.78 Å². The predicted octanol–water partition coefficient (Wildman–Crippen LogP) is 4.08. The molecule has 0 unspecified atom stereocenters. The average Bonchev–Trinajstić information content (AvgIpc) is 2.80. The number of nitrogens with zero attached hydrogens (tertiary/aromatic N) is 3. The summed E-state index contributed by atoms with van der Waals surface area (Å²) >= 11 is 2.08. The molecule has 20 heavy (non-hydrogen) atoms. The third kappa shape index (κ3) is 2.32. The fourth-order valence-corrected chi connectivity index (χ4v) is 2.84. The first kappa shape index (κ1) is 13.5. The monoisotopic (exact) mass is 385 g/mol. The normalized spacial score (nSPS) is 13.6. The van der Waals surface area contributed by atoms with Crippen molar-refractivity contribution in [2.24, 2.45) is 4.99 Å². The number of alkyl halides is 2. The molecular formula is C14H10F2IN3. The van der Waals surface area contributed by atoms with Crippen molar-refractivity contribution in [1.29, 1.82) is 0 Å². The predicted molar refractivity (Wildman–Crippen MR) is 81.4 cm³/mol. The quantitative estimate of drug-likeness (QED) is 0.731. The molecule has 3 rings (SSSR count). The first-order valence-corrected chi connectivity index (χ1v) is 7.08. The second kappa shape index (κ2) is 5.16. The van der Waals surface area contributed by atoms with E-state index in [1.807, 2.05) is 6.07 Å². The van der Waals surface area contributed by atoms with Gasteiger partial charge in [0.15, 0.2) is 0 Å². The summed E-state index contributed by atoms with van der Waals surface area (Å²) in [5, 5.41) is 0. The Morgan fingerprint density at radius 1 is 1.15 bits per heavy atom. The van der Waals surface area contributed by atoms with Crippen LogP contribution in [0.5, 0.6) is 0 Å². The molecule has 1 aliphatic rings. The summed E-state index contributed by atoms with van der Waals surface area (Å²) in [6.07, 6.45) is 0.795. The molecule has 1 aromatic carbocycles. The molecule has 2 aromatic rings. The van der Waals surface area contributed by atoms with Crippen LogP contribution in [0.2, 0.25) is 0 Å². The fraction of sp³-hybridized carbons (Fsp3) is 0.214. The minimum atomic E-state index is -2.51. The summed E-state index contributed by atoms with van der Waals surface area (Å²) in [5.41, 5.74) is 2.90. The Morgan fingerprint density at radius 2 is 1.85 bits per heavy atom. The molecule has 0 radical (unpaired) electrons. The van der Waals surface area contributed by atoms with Gasteiger partial charge in [0.2, 0.25) is 0 Å². The lowest BCUT2D eigenvalue weighted by Gasteiger charge is -2.11. The van der Waals surface area contributed by atoms with E-state index >= 15 is 0 Å². The molecule has 0 amide bonds. The van der Waals surface area contributed by atoms with E-state index in [1.165, 1.54) is 6.07 Å². The molecule has 1 aliphatic heterocycles. The van der Waals surface area contributed by atoms with Crippen molar-refractivity contribution in [2.75, 3.05) is 0 Å². The van der Waals surface area contributed by atoms with E-state index in [-0.39, 0.29) is 5.56 Å². The van der Waals surface area contributed by atoms with E-state index in [2.05, 4.69) is 37.6 Å². The van der Waals surface area contributed by atoms with Gasteiger partial charge in [-0.3, -0.25) is 4.99 Å². The zero-order valence-electron chi connectivity index (χ0n) is 10.6. The SMILES string of the molecule is Cc1ncc(-c2cc3c(c(C(F)F)c2)CN=C3I)cn1. The molecule has 0 bridgehead atoms. The maximum absolute atomic E-state index is 13.2. The number of hydrogen-bond donors (Lipinski definition) is 0.